The van der Waals surface area contributed by atoms with E-state index in [1.807, 2.05) is 0 Å². The Balaban J connectivity index is 2.15. The van der Waals surface area contributed by atoms with Crippen molar-refractivity contribution in [2.24, 2.45) is 0 Å². The molecule has 0 radical (unpaired) electrons. The average Bonchev–Trinajstić information content (AvgIpc) is 2.68. The van der Waals surface area contributed by atoms with E-state index >= 15 is 0 Å². The first-order chi connectivity index (χ1) is 7.66. The van der Waals surface area contributed by atoms with Crippen molar-refractivity contribution >= 4 is 48.9 Å². The summed E-state index contributed by atoms with van der Waals surface area (Å²) in [7, 11) is 0. The van der Waals surface area contributed by atoms with Crippen LogP contribution in [0.25, 0.3) is 0 Å². The zero-order valence-electron chi connectivity index (χ0n) is 8.76. The molecule has 0 saturated carbocycles. The average molecular weight is 361 g/mol. The molecular formula is C12H11Br2NS. The van der Waals surface area contributed by atoms with E-state index in [2.05, 4.69) is 73.7 Å². The lowest BCUT2D eigenvalue weighted by Gasteiger charge is -2.10. The van der Waals surface area contributed by atoms with Crippen LogP contribution in [0.15, 0.2) is 38.6 Å². The van der Waals surface area contributed by atoms with Gasteiger partial charge in [-0.3, -0.25) is 0 Å². The number of benzene rings is 1. The predicted molar refractivity (Wildman–Crippen MR) is 78.2 cm³/mol. The minimum absolute atomic E-state index is 0.859. The Hall–Kier alpha value is -0.320. The molecule has 0 spiro atoms. The Kier molecular flexibility index (Phi) is 4.05. The molecule has 1 aromatic heterocycles. The van der Waals surface area contributed by atoms with Crippen molar-refractivity contribution < 1.29 is 0 Å². The molecule has 2 aromatic rings. The first-order valence-corrected chi connectivity index (χ1v) is 7.35. The molecule has 0 aliphatic rings. The Morgan fingerprint density at radius 3 is 2.50 bits per heavy atom. The summed E-state index contributed by atoms with van der Waals surface area (Å²) in [5, 5.41) is 5.52. The van der Waals surface area contributed by atoms with E-state index in [0.29, 0.717) is 0 Å². The Bertz CT molecular complexity index is 457. The number of rotatable bonds is 3. The van der Waals surface area contributed by atoms with Gasteiger partial charge in [0.05, 0.1) is 5.69 Å². The summed E-state index contributed by atoms with van der Waals surface area (Å²) >= 11 is 8.91. The first-order valence-electron chi connectivity index (χ1n) is 4.88. The summed E-state index contributed by atoms with van der Waals surface area (Å²) in [4.78, 5) is 1.33. The van der Waals surface area contributed by atoms with Gasteiger partial charge in [0.2, 0.25) is 0 Å². The molecule has 4 heteroatoms. The third kappa shape index (κ3) is 2.87. The van der Waals surface area contributed by atoms with E-state index < -0.39 is 0 Å². The fourth-order valence-corrected chi connectivity index (χ4v) is 3.80. The minimum Gasteiger partial charge on any atom is -0.378 e. The van der Waals surface area contributed by atoms with Crippen molar-refractivity contribution in [3.63, 3.8) is 0 Å². The van der Waals surface area contributed by atoms with Gasteiger partial charge in [0.25, 0.3) is 0 Å². The van der Waals surface area contributed by atoms with Crippen LogP contribution < -0.4 is 5.32 Å². The Morgan fingerprint density at radius 2 is 1.94 bits per heavy atom. The molecule has 0 atom stereocenters. The van der Waals surface area contributed by atoms with E-state index in [-0.39, 0.29) is 0 Å². The molecule has 16 heavy (non-hydrogen) atoms. The van der Waals surface area contributed by atoms with Crippen LogP contribution >= 0.6 is 43.2 Å². The zero-order chi connectivity index (χ0) is 11.5. The number of anilines is 1. The molecule has 1 aromatic carbocycles. The van der Waals surface area contributed by atoms with Gasteiger partial charge in [-0.25, -0.2) is 0 Å². The second-order valence-electron chi connectivity index (χ2n) is 3.54. The second-order valence-corrected chi connectivity index (χ2v) is 6.28. The Morgan fingerprint density at radius 1 is 1.25 bits per heavy atom. The maximum absolute atomic E-state index is 3.57. The number of hydrogen-bond donors (Lipinski definition) is 1. The molecule has 1 nitrogen and oxygen atoms in total. The number of aryl methyl sites for hydroxylation is 1. The first kappa shape index (κ1) is 12.1. The molecule has 1 N–H and O–H groups in total. The normalized spacial score (nSPS) is 10.4. The molecule has 0 bridgehead atoms. The third-order valence-corrected chi connectivity index (χ3v) is 4.33. The number of hydrogen-bond acceptors (Lipinski definition) is 2. The van der Waals surface area contributed by atoms with E-state index in [1.165, 1.54) is 10.4 Å². The smallest absolute Gasteiger partial charge is 0.0632 e. The van der Waals surface area contributed by atoms with Crippen LogP contribution in [0.5, 0.6) is 0 Å². The lowest BCUT2D eigenvalue weighted by Crippen LogP contribution is -1.99. The summed E-state index contributed by atoms with van der Waals surface area (Å²) in [6.07, 6.45) is 0. The van der Waals surface area contributed by atoms with Gasteiger partial charge in [-0.05, 0) is 67.9 Å². The van der Waals surface area contributed by atoms with Gasteiger partial charge in [0.1, 0.15) is 0 Å². The summed E-state index contributed by atoms with van der Waals surface area (Å²) < 4.78 is 2.19. The maximum Gasteiger partial charge on any atom is 0.0632 e. The highest BCUT2D eigenvalue weighted by Gasteiger charge is 2.05. The van der Waals surface area contributed by atoms with E-state index in [4.69, 9.17) is 0 Å². The summed E-state index contributed by atoms with van der Waals surface area (Å²) in [6.45, 7) is 2.94. The zero-order valence-corrected chi connectivity index (χ0v) is 12.7. The Labute approximate surface area is 116 Å². The van der Waals surface area contributed by atoms with Gasteiger partial charge in [-0.2, -0.15) is 0 Å². The molecule has 84 valence electrons. The fraction of sp³-hybridized carbons (Fsp3) is 0.167. The van der Waals surface area contributed by atoms with E-state index in [1.54, 1.807) is 11.3 Å². The molecule has 2 rings (SSSR count). The summed E-state index contributed by atoms with van der Waals surface area (Å²) in [6, 6.07) is 8.43. The number of halogens is 2. The number of thiophene rings is 1. The second kappa shape index (κ2) is 5.34. The van der Waals surface area contributed by atoms with Crippen molar-refractivity contribution in [1.29, 1.82) is 0 Å². The SMILES string of the molecule is Cc1cc(Br)c(NCc2cccs2)c(Br)c1. The molecule has 0 saturated heterocycles. The molecule has 0 aliphatic carbocycles. The molecular weight excluding hydrogens is 350 g/mol. The minimum atomic E-state index is 0.859. The van der Waals surface area contributed by atoms with Gasteiger partial charge in [-0.15, -0.1) is 11.3 Å². The monoisotopic (exact) mass is 359 g/mol. The highest BCUT2D eigenvalue weighted by Crippen LogP contribution is 2.32. The van der Waals surface area contributed by atoms with Crippen molar-refractivity contribution in [2.45, 2.75) is 13.5 Å². The highest BCUT2D eigenvalue weighted by atomic mass is 79.9. The van der Waals surface area contributed by atoms with Crippen LogP contribution in [-0.2, 0) is 6.54 Å². The van der Waals surface area contributed by atoms with Crippen LogP contribution in [0.3, 0.4) is 0 Å². The standard InChI is InChI=1S/C12H11Br2NS/c1-8-5-10(13)12(11(14)6-8)15-7-9-3-2-4-16-9/h2-6,15H,7H2,1H3. The van der Waals surface area contributed by atoms with E-state index in [9.17, 15) is 0 Å². The summed E-state index contributed by atoms with van der Waals surface area (Å²) in [5.74, 6) is 0. The lowest BCUT2D eigenvalue weighted by atomic mass is 10.2. The largest absolute Gasteiger partial charge is 0.378 e. The van der Waals surface area contributed by atoms with Crippen molar-refractivity contribution in [3.05, 3.63) is 49.0 Å². The van der Waals surface area contributed by atoms with Gasteiger partial charge < -0.3 is 5.32 Å². The quantitative estimate of drug-likeness (QED) is 0.793. The van der Waals surface area contributed by atoms with Gasteiger partial charge in [0, 0.05) is 20.4 Å². The topological polar surface area (TPSA) is 12.0 Å². The molecule has 0 aliphatic heterocycles. The van der Waals surface area contributed by atoms with Crippen molar-refractivity contribution in [1.82, 2.24) is 0 Å². The van der Waals surface area contributed by atoms with Gasteiger partial charge >= 0.3 is 0 Å². The van der Waals surface area contributed by atoms with Crippen LogP contribution in [-0.4, -0.2) is 0 Å². The fourth-order valence-electron chi connectivity index (χ4n) is 1.46. The van der Waals surface area contributed by atoms with Crippen LogP contribution in [0.4, 0.5) is 5.69 Å². The van der Waals surface area contributed by atoms with Gasteiger partial charge in [-0.1, -0.05) is 6.07 Å². The molecule has 0 unspecified atom stereocenters. The number of nitrogens with one attached hydrogen (secondary N) is 1. The molecule has 0 fully saturated rings. The van der Waals surface area contributed by atoms with E-state index in [0.717, 1.165) is 21.2 Å². The van der Waals surface area contributed by atoms with Crippen LogP contribution in [0.2, 0.25) is 0 Å². The van der Waals surface area contributed by atoms with Crippen molar-refractivity contribution in [3.8, 4) is 0 Å². The van der Waals surface area contributed by atoms with Crippen LogP contribution in [0.1, 0.15) is 10.4 Å². The maximum atomic E-state index is 3.57. The third-order valence-electron chi connectivity index (χ3n) is 2.21. The van der Waals surface area contributed by atoms with Crippen LogP contribution in [0, 0.1) is 6.92 Å². The van der Waals surface area contributed by atoms with Gasteiger partial charge in [0.15, 0.2) is 0 Å². The lowest BCUT2D eigenvalue weighted by molar-refractivity contribution is 1.18. The summed E-state index contributed by atoms with van der Waals surface area (Å²) in [5.41, 5.74) is 2.35. The highest BCUT2D eigenvalue weighted by molar-refractivity contribution is 9.11. The molecule has 1 heterocycles. The molecule has 0 amide bonds. The predicted octanol–water partition coefficient (Wildman–Crippen LogP) is 5.19. The van der Waals surface area contributed by atoms with Crippen molar-refractivity contribution in [2.75, 3.05) is 5.32 Å².